The second-order valence-electron chi connectivity index (χ2n) is 4.18. The lowest BCUT2D eigenvalue weighted by Crippen LogP contribution is -2.31. The van der Waals surface area contributed by atoms with E-state index < -0.39 is 5.97 Å². The number of tetrazole rings is 1. The molecular weight excluding hydrogens is 238 g/mol. The van der Waals surface area contributed by atoms with Gasteiger partial charge in [0.25, 0.3) is 0 Å². The molecule has 0 aliphatic rings. The fourth-order valence-electron chi connectivity index (χ4n) is 1.40. The third-order valence-corrected chi connectivity index (χ3v) is 2.17. The van der Waals surface area contributed by atoms with Crippen molar-refractivity contribution in [3.8, 4) is 0 Å². The number of carbonyl (C=O) groups is 2. The highest BCUT2D eigenvalue weighted by Gasteiger charge is 2.10. The van der Waals surface area contributed by atoms with Gasteiger partial charge in [0.15, 0.2) is 5.82 Å². The lowest BCUT2D eigenvalue weighted by molar-refractivity contribution is -0.137. The average Bonchev–Trinajstić information content (AvgIpc) is 2.70. The van der Waals surface area contributed by atoms with Crippen LogP contribution in [0.4, 0.5) is 0 Å². The first-order valence-corrected chi connectivity index (χ1v) is 5.75. The van der Waals surface area contributed by atoms with Crippen molar-refractivity contribution in [1.29, 1.82) is 0 Å². The highest BCUT2D eigenvalue weighted by molar-refractivity contribution is 5.76. The van der Waals surface area contributed by atoms with Gasteiger partial charge in [0.2, 0.25) is 5.91 Å². The van der Waals surface area contributed by atoms with E-state index in [1.807, 2.05) is 13.8 Å². The minimum absolute atomic E-state index is 0.0292. The monoisotopic (exact) mass is 255 g/mol. The number of amides is 1. The molecule has 0 aromatic carbocycles. The largest absolute Gasteiger partial charge is 0.481 e. The highest BCUT2D eigenvalue weighted by Crippen LogP contribution is 1.99. The van der Waals surface area contributed by atoms with Gasteiger partial charge in [-0.25, -0.2) is 4.68 Å². The lowest BCUT2D eigenvalue weighted by Gasteiger charge is -2.08. The van der Waals surface area contributed by atoms with Crippen LogP contribution in [0.15, 0.2) is 0 Å². The molecule has 0 saturated heterocycles. The molecule has 0 atom stereocenters. The molecule has 1 rings (SSSR count). The van der Waals surface area contributed by atoms with Crippen LogP contribution < -0.4 is 5.32 Å². The zero-order chi connectivity index (χ0) is 13.5. The van der Waals surface area contributed by atoms with Gasteiger partial charge in [-0.3, -0.25) is 9.59 Å². The predicted molar refractivity (Wildman–Crippen MR) is 61.7 cm³/mol. The smallest absolute Gasteiger partial charge is 0.303 e. The van der Waals surface area contributed by atoms with Crippen molar-refractivity contribution in [2.24, 2.45) is 0 Å². The number of hydrogen-bond donors (Lipinski definition) is 2. The van der Waals surface area contributed by atoms with Crippen molar-refractivity contribution in [2.45, 2.75) is 45.7 Å². The van der Waals surface area contributed by atoms with E-state index in [9.17, 15) is 9.59 Å². The number of rotatable bonds is 7. The Balaban J connectivity index is 2.45. The first kappa shape index (κ1) is 14.1. The number of carboxylic acid groups (broad SMARTS) is 1. The molecular formula is C10H17N5O3. The van der Waals surface area contributed by atoms with Gasteiger partial charge in [0.05, 0.1) is 13.0 Å². The SMILES string of the molecule is CC(C)NC(=O)CCn1nnnc1CCC(=O)O. The van der Waals surface area contributed by atoms with Crippen LogP contribution in [0.2, 0.25) is 0 Å². The Morgan fingerprint density at radius 2 is 2.11 bits per heavy atom. The molecule has 0 aliphatic heterocycles. The summed E-state index contributed by atoms with van der Waals surface area (Å²) >= 11 is 0. The number of carboxylic acids is 1. The number of nitrogens with one attached hydrogen (secondary N) is 1. The number of aryl methyl sites for hydroxylation is 2. The Hall–Kier alpha value is -1.99. The number of nitrogens with zero attached hydrogens (tertiary/aromatic N) is 4. The molecule has 0 saturated carbocycles. The van der Waals surface area contributed by atoms with E-state index in [-0.39, 0.29) is 31.2 Å². The van der Waals surface area contributed by atoms with Crippen LogP contribution in [-0.2, 0) is 22.6 Å². The Morgan fingerprint density at radius 3 is 2.72 bits per heavy atom. The van der Waals surface area contributed by atoms with Gasteiger partial charge < -0.3 is 10.4 Å². The normalized spacial score (nSPS) is 10.6. The maximum Gasteiger partial charge on any atom is 0.303 e. The Morgan fingerprint density at radius 1 is 1.39 bits per heavy atom. The van der Waals surface area contributed by atoms with Gasteiger partial charge in [-0.2, -0.15) is 0 Å². The van der Waals surface area contributed by atoms with Gasteiger partial charge in [-0.1, -0.05) is 0 Å². The van der Waals surface area contributed by atoms with E-state index in [2.05, 4.69) is 20.8 Å². The molecule has 0 spiro atoms. The number of carbonyl (C=O) groups excluding carboxylic acids is 1. The fourth-order valence-corrected chi connectivity index (χ4v) is 1.40. The van der Waals surface area contributed by atoms with Crippen LogP contribution in [0.5, 0.6) is 0 Å². The van der Waals surface area contributed by atoms with Crippen molar-refractivity contribution in [3.05, 3.63) is 5.82 Å². The molecule has 0 bridgehead atoms. The quantitative estimate of drug-likeness (QED) is 0.686. The number of hydrogen-bond acceptors (Lipinski definition) is 5. The van der Waals surface area contributed by atoms with Crippen LogP contribution >= 0.6 is 0 Å². The maximum absolute atomic E-state index is 11.4. The van der Waals surface area contributed by atoms with Crippen molar-refractivity contribution >= 4 is 11.9 Å². The summed E-state index contributed by atoms with van der Waals surface area (Å²) in [5, 5.41) is 22.3. The lowest BCUT2D eigenvalue weighted by atomic mass is 10.3. The van der Waals surface area contributed by atoms with Crippen molar-refractivity contribution in [1.82, 2.24) is 25.5 Å². The first-order valence-electron chi connectivity index (χ1n) is 5.75. The summed E-state index contributed by atoms with van der Waals surface area (Å²) in [6.45, 7) is 4.11. The van der Waals surface area contributed by atoms with Crippen LogP contribution in [0.1, 0.15) is 32.5 Å². The molecule has 8 nitrogen and oxygen atoms in total. The summed E-state index contributed by atoms with van der Waals surface area (Å²) in [6, 6.07) is 0.0952. The second-order valence-corrected chi connectivity index (χ2v) is 4.18. The van der Waals surface area contributed by atoms with Crippen LogP contribution in [0.3, 0.4) is 0 Å². The zero-order valence-corrected chi connectivity index (χ0v) is 10.5. The molecule has 0 fully saturated rings. The average molecular weight is 255 g/mol. The second kappa shape index (κ2) is 6.67. The first-order chi connectivity index (χ1) is 8.49. The molecule has 1 amide bonds. The zero-order valence-electron chi connectivity index (χ0n) is 10.5. The highest BCUT2D eigenvalue weighted by atomic mass is 16.4. The van der Waals surface area contributed by atoms with Crippen molar-refractivity contribution in [2.75, 3.05) is 0 Å². The van der Waals surface area contributed by atoms with E-state index in [1.165, 1.54) is 4.68 Å². The third-order valence-electron chi connectivity index (χ3n) is 2.17. The van der Waals surface area contributed by atoms with Gasteiger partial charge in [-0.15, -0.1) is 5.10 Å². The number of aliphatic carboxylic acids is 1. The standard InChI is InChI=1S/C10H17N5O3/c1-7(2)11-9(16)5-6-15-8(12-13-14-15)3-4-10(17)18/h7H,3-6H2,1-2H3,(H,11,16)(H,17,18). The molecule has 1 aromatic heterocycles. The summed E-state index contributed by atoms with van der Waals surface area (Å²) in [4.78, 5) is 21.9. The Bertz CT molecular complexity index is 415. The van der Waals surface area contributed by atoms with E-state index in [1.54, 1.807) is 0 Å². The summed E-state index contributed by atoms with van der Waals surface area (Å²) < 4.78 is 1.46. The minimum atomic E-state index is -0.901. The molecule has 2 N–H and O–H groups in total. The van der Waals surface area contributed by atoms with E-state index in [4.69, 9.17) is 5.11 Å². The van der Waals surface area contributed by atoms with Crippen LogP contribution in [0.25, 0.3) is 0 Å². The molecule has 0 aliphatic carbocycles. The minimum Gasteiger partial charge on any atom is -0.481 e. The maximum atomic E-state index is 11.4. The van der Waals surface area contributed by atoms with Gasteiger partial charge >= 0.3 is 5.97 Å². The topological polar surface area (TPSA) is 110 Å². The predicted octanol–water partition coefficient (Wildman–Crippen LogP) is -0.395. The summed E-state index contributed by atoms with van der Waals surface area (Å²) in [7, 11) is 0. The molecule has 0 unspecified atom stereocenters. The van der Waals surface area contributed by atoms with E-state index in [0.29, 0.717) is 12.4 Å². The van der Waals surface area contributed by atoms with Gasteiger partial charge in [-0.05, 0) is 24.3 Å². The molecule has 1 aromatic rings. The van der Waals surface area contributed by atoms with Crippen molar-refractivity contribution < 1.29 is 14.7 Å². The molecule has 1 heterocycles. The third kappa shape index (κ3) is 4.89. The van der Waals surface area contributed by atoms with E-state index in [0.717, 1.165) is 0 Å². The van der Waals surface area contributed by atoms with Crippen LogP contribution in [-0.4, -0.2) is 43.2 Å². The number of aromatic nitrogens is 4. The molecule has 100 valence electrons. The van der Waals surface area contributed by atoms with Crippen LogP contribution in [0, 0.1) is 0 Å². The molecule has 18 heavy (non-hydrogen) atoms. The fraction of sp³-hybridized carbons (Fsp3) is 0.700. The molecule has 8 heteroatoms. The summed E-state index contributed by atoms with van der Waals surface area (Å²) in [5.41, 5.74) is 0. The molecule has 0 radical (unpaired) electrons. The van der Waals surface area contributed by atoms with Crippen molar-refractivity contribution in [3.63, 3.8) is 0 Å². The Kier molecular flexibility index (Phi) is 5.22. The van der Waals surface area contributed by atoms with Gasteiger partial charge in [0, 0.05) is 18.9 Å². The Labute approximate surface area is 104 Å². The summed E-state index contributed by atoms with van der Waals surface area (Å²) in [6.07, 6.45) is 0.496. The van der Waals surface area contributed by atoms with Gasteiger partial charge in [0.1, 0.15) is 0 Å². The van der Waals surface area contributed by atoms with E-state index >= 15 is 0 Å². The summed E-state index contributed by atoms with van der Waals surface area (Å²) in [5.74, 6) is -0.499.